The zero-order chi connectivity index (χ0) is 14.9. The molecule has 1 aromatic carbocycles. The number of aliphatic carboxylic acids is 1. The zero-order valence-corrected chi connectivity index (χ0v) is 12.1. The number of carbonyl (C=O) groups is 2. The number of benzene rings is 1. The van der Waals surface area contributed by atoms with Crippen LogP contribution < -0.4 is 5.32 Å². The number of anilines is 1. The second kappa shape index (κ2) is 5.71. The number of carbonyl (C=O) groups excluding carboxylic acids is 1. The van der Waals surface area contributed by atoms with Crippen LogP contribution in [0.5, 0.6) is 0 Å². The standard InChI is InChI=1S/C14H17ClN2O3/c1-8-3-4-10(15)5-12(8)16-14(20)17-6-9(2)11(7-17)13(18)19/h3-5,9,11H,6-7H2,1-2H3,(H,16,20)(H,18,19). The first-order valence-corrected chi connectivity index (χ1v) is 6.81. The molecule has 0 aromatic heterocycles. The van der Waals surface area contributed by atoms with Crippen molar-refractivity contribution in [2.24, 2.45) is 11.8 Å². The molecule has 0 aliphatic carbocycles. The Kier molecular flexibility index (Phi) is 4.18. The molecule has 2 N–H and O–H groups in total. The van der Waals surface area contributed by atoms with Crippen LogP contribution in [-0.2, 0) is 4.79 Å². The van der Waals surface area contributed by atoms with Crippen LogP contribution in [0.2, 0.25) is 5.02 Å². The minimum absolute atomic E-state index is 0.0429. The van der Waals surface area contributed by atoms with Crippen molar-refractivity contribution in [3.8, 4) is 0 Å². The normalized spacial score (nSPS) is 21.9. The number of nitrogens with zero attached hydrogens (tertiary/aromatic N) is 1. The number of halogens is 1. The van der Waals surface area contributed by atoms with Crippen molar-refractivity contribution in [1.29, 1.82) is 0 Å². The molecule has 5 nitrogen and oxygen atoms in total. The SMILES string of the molecule is Cc1ccc(Cl)cc1NC(=O)N1CC(C)C(C(=O)O)C1. The van der Waals surface area contributed by atoms with E-state index in [0.29, 0.717) is 17.3 Å². The fourth-order valence-electron chi connectivity index (χ4n) is 2.38. The first-order chi connectivity index (χ1) is 9.38. The Morgan fingerprint density at radius 3 is 2.70 bits per heavy atom. The number of carboxylic acids is 1. The Bertz CT molecular complexity index is 547. The highest BCUT2D eigenvalue weighted by atomic mass is 35.5. The minimum atomic E-state index is -0.855. The van der Waals surface area contributed by atoms with Gasteiger partial charge < -0.3 is 15.3 Å². The molecule has 1 aliphatic rings. The summed E-state index contributed by atoms with van der Waals surface area (Å²) in [6.07, 6.45) is 0. The third-order valence-electron chi connectivity index (χ3n) is 3.66. The molecule has 6 heteroatoms. The first kappa shape index (κ1) is 14.7. The molecule has 0 spiro atoms. The molecule has 2 unspecified atom stereocenters. The second-order valence-corrected chi connectivity index (χ2v) is 5.65. The first-order valence-electron chi connectivity index (χ1n) is 6.43. The fraction of sp³-hybridized carbons (Fsp3) is 0.429. The average molecular weight is 297 g/mol. The van der Waals surface area contributed by atoms with Crippen LogP contribution in [0, 0.1) is 18.8 Å². The summed E-state index contributed by atoms with van der Waals surface area (Å²) >= 11 is 5.91. The summed E-state index contributed by atoms with van der Waals surface area (Å²) in [6, 6.07) is 4.98. The number of nitrogens with one attached hydrogen (secondary N) is 1. The lowest BCUT2D eigenvalue weighted by atomic mass is 9.99. The van der Waals surface area contributed by atoms with E-state index in [2.05, 4.69) is 5.32 Å². The molecule has 0 bridgehead atoms. The number of likely N-dealkylation sites (tertiary alicyclic amines) is 1. The van der Waals surface area contributed by atoms with Crippen LogP contribution >= 0.6 is 11.6 Å². The number of amides is 2. The maximum Gasteiger partial charge on any atom is 0.321 e. The molecule has 0 radical (unpaired) electrons. The highest BCUT2D eigenvalue weighted by molar-refractivity contribution is 6.31. The van der Waals surface area contributed by atoms with Crippen molar-refractivity contribution in [2.75, 3.05) is 18.4 Å². The van der Waals surface area contributed by atoms with Crippen LogP contribution in [0.4, 0.5) is 10.5 Å². The van der Waals surface area contributed by atoms with Gasteiger partial charge in [-0.1, -0.05) is 24.6 Å². The third-order valence-corrected chi connectivity index (χ3v) is 3.89. The Morgan fingerprint density at radius 2 is 2.10 bits per heavy atom. The van der Waals surface area contributed by atoms with Crippen molar-refractivity contribution in [3.05, 3.63) is 28.8 Å². The summed E-state index contributed by atoms with van der Waals surface area (Å²) < 4.78 is 0. The van der Waals surface area contributed by atoms with Gasteiger partial charge in [-0.2, -0.15) is 0 Å². The van der Waals surface area contributed by atoms with Crippen LogP contribution in [0.3, 0.4) is 0 Å². The van der Waals surface area contributed by atoms with Crippen LogP contribution in [0.15, 0.2) is 18.2 Å². The number of hydrogen-bond acceptors (Lipinski definition) is 2. The van der Waals surface area contributed by atoms with E-state index >= 15 is 0 Å². The summed E-state index contributed by atoms with van der Waals surface area (Å²) in [5.41, 5.74) is 1.55. The number of rotatable bonds is 2. The van der Waals surface area contributed by atoms with Gasteiger partial charge in [0.2, 0.25) is 0 Å². The van der Waals surface area contributed by atoms with Gasteiger partial charge in [-0.15, -0.1) is 0 Å². The largest absolute Gasteiger partial charge is 0.481 e. The monoisotopic (exact) mass is 296 g/mol. The Balaban J connectivity index is 2.06. The lowest BCUT2D eigenvalue weighted by molar-refractivity contribution is -0.142. The molecule has 1 saturated heterocycles. The summed E-state index contributed by atoms with van der Waals surface area (Å²) in [5.74, 6) is -1.40. The smallest absolute Gasteiger partial charge is 0.321 e. The van der Waals surface area contributed by atoms with Crippen LogP contribution in [-0.4, -0.2) is 35.1 Å². The predicted molar refractivity (Wildman–Crippen MR) is 77.1 cm³/mol. The number of urea groups is 1. The van der Waals surface area contributed by atoms with E-state index in [0.717, 1.165) is 5.56 Å². The molecule has 2 rings (SSSR count). The second-order valence-electron chi connectivity index (χ2n) is 5.22. The molecular formula is C14H17ClN2O3. The van der Waals surface area contributed by atoms with Crippen molar-refractivity contribution >= 4 is 29.3 Å². The maximum atomic E-state index is 12.2. The lowest BCUT2D eigenvalue weighted by Crippen LogP contribution is -2.34. The van der Waals surface area contributed by atoms with E-state index in [1.54, 1.807) is 12.1 Å². The van der Waals surface area contributed by atoms with Crippen molar-refractivity contribution < 1.29 is 14.7 Å². The van der Waals surface area contributed by atoms with Gasteiger partial charge in [-0.05, 0) is 30.5 Å². The Labute approximate surface area is 122 Å². The molecular weight excluding hydrogens is 280 g/mol. The van der Waals surface area contributed by atoms with Gasteiger partial charge in [-0.3, -0.25) is 4.79 Å². The van der Waals surface area contributed by atoms with Gasteiger partial charge in [0.1, 0.15) is 0 Å². The van der Waals surface area contributed by atoms with E-state index in [4.69, 9.17) is 16.7 Å². The van der Waals surface area contributed by atoms with Gasteiger partial charge in [0.25, 0.3) is 0 Å². The molecule has 108 valence electrons. The van der Waals surface area contributed by atoms with E-state index in [9.17, 15) is 9.59 Å². The van der Waals surface area contributed by atoms with Crippen molar-refractivity contribution in [1.82, 2.24) is 4.90 Å². The molecule has 2 atom stereocenters. The maximum absolute atomic E-state index is 12.2. The summed E-state index contributed by atoms with van der Waals surface area (Å²) in [7, 11) is 0. The van der Waals surface area contributed by atoms with E-state index in [1.807, 2.05) is 19.9 Å². The van der Waals surface area contributed by atoms with Gasteiger partial charge >= 0.3 is 12.0 Å². The topological polar surface area (TPSA) is 69.6 Å². The number of carboxylic acid groups (broad SMARTS) is 1. The number of aryl methyl sites for hydroxylation is 1. The molecule has 1 fully saturated rings. The number of hydrogen-bond donors (Lipinski definition) is 2. The highest BCUT2D eigenvalue weighted by Crippen LogP contribution is 2.25. The average Bonchev–Trinajstić information content (AvgIpc) is 2.76. The van der Waals surface area contributed by atoms with E-state index in [1.165, 1.54) is 4.90 Å². The molecule has 1 aliphatic heterocycles. The molecule has 1 aromatic rings. The van der Waals surface area contributed by atoms with E-state index < -0.39 is 11.9 Å². The fourth-order valence-corrected chi connectivity index (χ4v) is 2.55. The summed E-state index contributed by atoms with van der Waals surface area (Å²) in [4.78, 5) is 24.8. The third kappa shape index (κ3) is 3.04. The van der Waals surface area contributed by atoms with Crippen molar-refractivity contribution in [3.63, 3.8) is 0 Å². The van der Waals surface area contributed by atoms with Gasteiger partial charge in [0.05, 0.1) is 5.92 Å². The quantitative estimate of drug-likeness (QED) is 0.881. The Morgan fingerprint density at radius 1 is 1.40 bits per heavy atom. The van der Waals surface area contributed by atoms with Gasteiger partial charge in [-0.25, -0.2) is 4.79 Å². The molecule has 2 amide bonds. The molecule has 1 heterocycles. The lowest BCUT2D eigenvalue weighted by Gasteiger charge is -2.18. The van der Waals surface area contributed by atoms with Crippen LogP contribution in [0.1, 0.15) is 12.5 Å². The summed E-state index contributed by atoms with van der Waals surface area (Å²) in [5, 5.41) is 12.4. The molecule has 20 heavy (non-hydrogen) atoms. The van der Waals surface area contributed by atoms with Crippen LogP contribution in [0.25, 0.3) is 0 Å². The summed E-state index contributed by atoms with van der Waals surface area (Å²) in [6.45, 7) is 4.40. The van der Waals surface area contributed by atoms with E-state index in [-0.39, 0.29) is 18.5 Å². The highest BCUT2D eigenvalue weighted by Gasteiger charge is 2.37. The van der Waals surface area contributed by atoms with Crippen molar-refractivity contribution in [2.45, 2.75) is 13.8 Å². The van der Waals surface area contributed by atoms with Gasteiger partial charge in [0, 0.05) is 23.8 Å². The van der Waals surface area contributed by atoms with Gasteiger partial charge in [0.15, 0.2) is 0 Å². The Hall–Kier alpha value is -1.75. The molecule has 0 saturated carbocycles. The predicted octanol–water partition coefficient (Wildman–Crippen LogP) is 2.83. The minimum Gasteiger partial charge on any atom is -0.481 e. The zero-order valence-electron chi connectivity index (χ0n) is 11.4.